The van der Waals surface area contributed by atoms with Crippen molar-refractivity contribution in [1.29, 1.82) is 5.26 Å². The van der Waals surface area contributed by atoms with Crippen molar-refractivity contribution in [2.45, 2.75) is 51.1 Å². The van der Waals surface area contributed by atoms with Gasteiger partial charge in [0.25, 0.3) is 0 Å². The number of carbonyl (C=O) groups excluding carboxylic acids is 2. The number of nitriles is 1. The monoisotopic (exact) mass is 622 g/mol. The second-order valence-corrected chi connectivity index (χ2v) is 11.5. The van der Waals surface area contributed by atoms with Crippen LogP contribution in [0.3, 0.4) is 0 Å². The Kier molecular flexibility index (Phi) is 9.73. The van der Waals surface area contributed by atoms with Crippen LogP contribution in [0.5, 0.6) is 5.75 Å². The van der Waals surface area contributed by atoms with Gasteiger partial charge in [-0.1, -0.05) is 48.5 Å². The molecule has 5 rings (SSSR count). The van der Waals surface area contributed by atoms with Crippen LogP contribution in [0, 0.1) is 23.1 Å². The molecule has 0 bridgehead atoms. The molecular weight excluding hydrogens is 588 g/mol. The van der Waals surface area contributed by atoms with Crippen molar-refractivity contribution in [2.24, 2.45) is 5.92 Å². The predicted octanol–water partition coefficient (Wildman–Crippen LogP) is 6.00. The first-order valence-corrected chi connectivity index (χ1v) is 14.9. The summed E-state index contributed by atoms with van der Waals surface area (Å²) >= 11 is 0. The molecule has 2 heterocycles. The molecule has 2 saturated heterocycles. The fourth-order valence-corrected chi connectivity index (χ4v) is 6.33. The van der Waals surface area contributed by atoms with E-state index < -0.39 is 17.9 Å². The summed E-state index contributed by atoms with van der Waals surface area (Å²) in [5.41, 5.74) is 1.85. The molecular formula is C34H34F4N4O3. The largest absolute Gasteiger partial charge is 0.573 e. The number of likely N-dealkylation sites (tertiary alicyclic amines) is 2. The SMILES string of the molecule is CC(=O)N1CCC(C(=O)N2CC[C@H](NCc3c(C#N)ccc(-c4ccc(OC(F)(F)F)cc4)c3F)[C@H](c3ccccc3)C2)CC1. The number of halogens is 4. The summed E-state index contributed by atoms with van der Waals surface area (Å²) in [5.74, 6) is -1.15. The average Bonchev–Trinajstić information content (AvgIpc) is 3.04. The Morgan fingerprint density at radius 2 is 1.62 bits per heavy atom. The summed E-state index contributed by atoms with van der Waals surface area (Å²) in [6.07, 6.45) is -2.95. The van der Waals surface area contributed by atoms with Crippen molar-refractivity contribution in [3.05, 3.63) is 89.2 Å². The van der Waals surface area contributed by atoms with E-state index in [1.54, 1.807) is 11.8 Å². The van der Waals surface area contributed by atoms with Crippen LogP contribution < -0.4 is 10.1 Å². The molecule has 2 aliphatic rings. The highest BCUT2D eigenvalue weighted by Crippen LogP contribution is 2.33. The topological polar surface area (TPSA) is 85.7 Å². The molecule has 2 amide bonds. The normalized spacial score (nSPS) is 19.2. The highest BCUT2D eigenvalue weighted by molar-refractivity contribution is 5.80. The molecule has 3 aromatic carbocycles. The van der Waals surface area contributed by atoms with Crippen LogP contribution >= 0.6 is 0 Å². The maximum atomic E-state index is 15.9. The molecule has 0 spiro atoms. The number of alkyl halides is 3. The van der Waals surface area contributed by atoms with E-state index in [1.807, 2.05) is 41.3 Å². The van der Waals surface area contributed by atoms with E-state index in [-0.39, 0.29) is 52.9 Å². The maximum Gasteiger partial charge on any atom is 0.573 e. The van der Waals surface area contributed by atoms with Crippen LogP contribution in [0.4, 0.5) is 17.6 Å². The Labute approximate surface area is 259 Å². The van der Waals surface area contributed by atoms with Crippen LogP contribution in [0.1, 0.15) is 48.8 Å². The number of hydrogen-bond acceptors (Lipinski definition) is 5. The lowest BCUT2D eigenvalue weighted by Crippen LogP contribution is -2.52. The zero-order valence-electron chi connectivity index (χ0n) is 24.8. The Bertz CT molecular complexity index is 1550. The highest BCUT2D eigenvalue weighted by atomic mass is 19.4. The van der Waals surface area contributed by atoms with Gasteiger partial charge in [-0.05, 0) is 48.6 Å². The van der Waals surface area contributed by atoms with Crippen LogP contribution in [0.15, 0.2) is 66.7 Å². The van der Waals surface area contributed by atoms with Gasteiger partial charge in [-0.25, -0.2) is 4.39 Å². The molecule has 0 aliphatic carbocycles. The standard InChI is InChI=1S/C34H34F4N4O3/c1-22(43)41-16-13-25(14-17-41)33(44)42-18-15-31(30(21-42)23-5-3-2-4-6-23)40-20-29-26(19-39)9-12-28(32(29)35)24-7-10-27(11-8-24)45-34(36,37)38/h2-12,25,30-31,40H,13-18,20-21H2,1H3/t30-,31-/m0/s1. The van der Waals surface area contributed by atoms with E-state index in [0.717, 1.165) is 17.7 Å². The first kappa shape index (κ1) is 32.0. The quantitative estimate of drug-likeness (QED) is 0.327. The first-order chi connectivity index (χ1) is 21.5. The molecule has 0 radical (unpaired) electrons. The van der Waals surface area contributed by atoms with E-state index in [9.17, 15) is 28.0 Å². The summed E-state index contributed by atoms with van der Waals surface area (Å²) in [6.45, 7) is 3.73. The lowest BCUT2D eigenvalue weighted by molar-refractivity contribution is -0.274. The third-order valence-corrected chi connectivity index (χ3v) is 8.75. The molecule has 45 heavy (non-hydrogen) atoms. The minimum atomic E-state index is -4.84. The minimum Gasteiger partial charge on any atom is -0.406 e. The van der Waals surface area contributed by atoms with E-state index in [2.05, 4.69) is 10.1 Å². The van der Waals surface area contributed by atoms with Gasteiger partial charge in [0, 0.05) is 68.7 Å². The van der Waals surface area contributed by atoms with Gasteiger partial charge in [-0.15, -0.1) is 13.2 Å². The number of nitrogens with one attached hydrogen (secondary N) is 1. The van der Waals surface area contributed by atoms with Crippen LogP contribution in [-0.2, 0) is 16.1 Å². The maximum absolute atomic E-state index is 15.9. The second-order valence-electron chi connectivity index (χ2n) is 11.5. The number of ether oxygens (including phenoxy) is 1. The van der Waals surface area contributed by atoms with Gasteiger partial charge < -0.3 is 19.9 Å². The highest BCUT2D eigenvalue weighted by Gasteiger charge is 2.36. The zero-order valence-corrected chi connectivity index (χ0v) is 24.8. The number of rotatable bonds is 7. The molecule has 236 valence electrons. The van der Waals surface area contributed by atoms with Gasteiger partial charge in [-0.2, -0.15) is 5.26 Å². The van der Waals surface area contributed by atoms with Crippen molar-refractivity contribution < 1.29 is 31.9 Å². The fraction of sp³-hybridized carbons (Fsp3) is 0.382. The Balaban J connectivity index is 1.32. The third kappa shape index (κ3) is 7.63. The van der Waals surface area contributed by atoms with Crippen molar-refractivity contribution in [3.8, 4) is 22.9 Å². The van der Waals surface area contributed by atoms with Gasteiger partial charge in [0.15, 0.2) is 0 Å². The van der Waals surface area contributed by atoms with Crippen molar-refractivity contribution in [1.82, 2.24) is 15.1 Å². The third-order valence-electron chi connectivity index (χ3n) is 8.75. The molecule has 2 aliphatic heterocycles. The molecule has 0 aromatic heterocycles. The number of amides is 2. The van der Waals surface area contributed by atoms with Gasteiger partial charge in [0.2, 0.25) is 11.8 Å². The van der Waals surface area contributed by atoms with Crippen LogP contribution in [0.25, 0.3) is 11.1 Å². The van der Waals surface area contributed by atoms with Gasteiger partial charge >= 0.3 is 6.36 Å². The van der Waals surface area contributed by atoms with Crippen molar-refractivity contribution in [3.63, 3.8) is 0 Å². The summed E-state index contributed by atoms with van der Waals surface area (Å²) in [6, 6.07) is 19.6. The molecule has 0 unspecified atom stereocenters. The summed E-state index contributed by atoms with van der Waals surface area (Å²) in [7, 11) is 0. The Morgan fingerprint density at radius 1 is 0.956 bits per heavy atom. The second kappa shape index (κ2) is 13.7. The van der Waals surface area contributed by atoms with E-state index in [1.165, 1.54) is 24.3 Å². The Hall–Kier alpha value is -4.43. The number of benzene rings is 3. The fourth-order valence-electron chi connectivity index (χ4n) is 6.33. The summed E-state index contributed by atoms with van der Waals surface area (Å²) < 4.78 is 57.6. The van der Waals surface area contributed by atoms with Crippen molar-refractivity contribution in [2.75, 3.05) is 26.2 Å². The van der Waals surface area contributed by atoms with Gasteiger partial charge in [0.05, 0.1) is 11.6 Å². The predicted molar refractivity (Wildman–Crippen MR) is 159 cm³/mol. The summed E-state index contributed by atoms with van der Waals surface area (Å²) in [4.78, 5) is 28.9. The van der Waals surface area contributed by atoms with E-state index in [0.29, 0.717) is 51.0 Å². The molecule has 2 fully saturated rings. The zero-order chi connectivity index (χ0) is 32.1. The van der Waals surface area contributed by atoms with Crippen molar-refractivity contribution >= 4 is 11.8 Å². The smallest absolute Gasteiger partial charge is 0.406 e. The molecule has 1 N–H and O–H groups in total. The lowest BCUT2D eigenvalue weighted by atomic mass is 9.84. The van der Waals surface area contributed by atoms with Crippen LogP contribution in [-0.4, -0.2) is 60.2 Å². The van der Waals surface area contributed by atoms with Gasteiger partial charge in [0.1, 0.15) is 11.6 Å². The van der Waals surface area contributed by atoms with Crippen LogP contribution in [0.2, 0.25) is 0 Å². The average molecular weight is 623 g/mol. The molecule has 2 atom stereocenters. The Morgan fingerprint density at radius 3 is 2.24 bits per heavy atom. The van der Waals surface area contributed by atoms with E-state index >= 15 is 4.39 Å². The van der Waals surface area contributed by atoms with Gasteiger partial charge in [-0.3, -0.25) is 9.59 Å². The number of carbonyl (C=O) groups is 2. The molecule has 11 heteroatoms. The number of hydrogen-bond donors (Lipinski definition) is 1. The lowest BCUT2D eigenvalue weighted by Gasteiger charge is -2.42. The number of piperidine rings is 2. The summed E-state index contributed by atoms with van der Waals surface area (Å²) in [5, 5.41) is 13.2. The number of nitrogens with zero attached hydrogens (tertiary/aromatic N) is 3. The molecule has 7 nitrogen and oxygen atoms in total. The molecule has 0 saturated carbocycles. The molecule has 3 aromatic rings. The first-order valence-electron chi connectivity index (χ1n) is 14.9. The minimum absolute atomic E-state index is 0.0203. The van der Waals surface area contributed by atoms with E-state index in [4.69, 9.17) is 0 Å².